The molecule has 27 heavy (non-hydrogen) atoms. The number of aromatic amines is 1. The summed E-state index contributed by atoms with van der Waals surface area (Å²) in [4.78, 5) is 32.7. The third-order valence-electron chi connectivity index (χ3n) is 4.52. The molecule has 1 heterocycles. The second-order valence-corrected chi connectivity index (χ2v) is 6.87. The lowest BCUT2D eigenvalue weighted by atomic mass is 9.98. The van der Waals surface area contributed by atoms with E-state index in [1.54, 1.807) is 24.3 Å². The molecule has 3 N–H and O–H groups in total. The molecule has 0 fully saturated rings. The number of aromatic nitrogens is 2. The highest BCUT2D eigenvalue weighted by Crippen LogP contribution is 2.16. The van der Waals surface area contributed by atoms with Crippen LogP contribution in [0.5, 0.6) is 0 Å². The van der Waals surface area contributed by atoms with E-state index in [1.165, 1.54) is 0 Å². The molecule has 0 spiro atoms. The van der Waals surface area contributed by atoms with Gasteiger partial charge >= 0.3 is 0 Å². The summed E-state index contributed by atoms with van der Waals surface area (Å²) >= 11 is 5.86. The first-order chi connectivity index (χ1) is 13.0. The Balaban J connectivity index is 1.75. The largest absolute Gasteiger partial charge is 0.340 e. The first-order valence-corrected chi connectivity index (χ1v) is 9.17. The molecule has 2 atom stereocenters. The highest BCUT2D eigenvalue weighted by atomic mass is 35.5. The van der Waals surface area contributed by atoms with Crippen molar-refractivity contribution in [3.05, 3.63) is 59.1 Å². The number of fused-ring (bicyclic) bond motifs is 1. The average molecular weight is 385 g/mol. The van der Waals surface area contributed by atoms with Gasteiger partial charge in [-0.15, -0.1) is 0 Å². The Morgan fingerprint density at radius 2 is 1.85 bits per heavy atom. The number of rotatable bonds is 6. The number of amides is 2. The van der Waals surface area contributed by atoms with Gasteiger partial charge in [0.1, 0.15) is 6.04 Å². The molecule has 0 aliphatic rings. The highest BCUT2D eigenvalue weighted by molar-refractivity contribution is 6.30. The number of nitrogens with zero attached hydrogens (tertiary/aromatic N) is 1. The summed E-state index contributed by atoms with van der Waals surface area (Å²) in [5.41, 5.74) is 2.04. The van der Waals surface area contributed by atoms with Crippen LogP contribution in [0.1, 0.15) is 30.6 Å². The van der Waals surface area contributed by atoms with E-state index in [2.05, 4.69) is 20.6 Å². The van der Waals surface area contributed by atoms with Gasteiger partial charge in [-0.2, -0.15) is 0 Å². The molecule has 2 amide bonds. The lowest BCUT2D eigenvalue weighted by Crippen LogP contribution is -2.47. The second-order valence-electron chi connectivity index (χ2n) is 6.44. The maximum atomic E-state index is 12.8. The maximum absolute atomic E-state index is 12.8. The van der Waals surface area contributed by atoms with Crippen molar-refractivity contribution in [3.8, 4) is 0 Å². The first-order valence-electron chi connectivity index (χ1n) is 8.80. The minimum atomic E-state index is -0.689. The van der Waals surface area contributed by atoms with Crippen LogP contribution in [0.2, 0.25) is 5.02 Å². The van der Waals surface area contributed by atoms with Crippen LogP contribution >= 0.6 is 11.6 Å². The highest BCUT2D eigenvalue weighted by Gasteiger charge is 2.27. The Morgan fingerprint density at radius 3 is 2.52 bits per heavy atom. The van der Waals surface area contributed by atoms with Gasteiger partial charge in [0.2, 0.25) is 11.9 Å². The molecule has 0 radical (unpaired) electrons. The number of imidazole rings is 1. The fraction of sp³-hybridized carbons (Fsp3) is 0.250. The molecule has 3 aromatic rings. The monoisotopic (exact) mass is 384 g/mol. The van der Waals surface area contributed by atoms with Gasteiger partial charge in [0.05, 0.1) is 11.0 Å². The smallest absolute Gasteiger partial charge is 0.251 e. The summed E-state index contributed by atoms with van der Waals surface area (Å²) in [6.45, 7) is 3.89. The Labute approximate surface area is 162 Å². The van der Waals surface area contributed by atoms with Gasteiger partial charge in [0.15, 0.2) is 0 Å². The van der Waals surface area contributed by atoms with Crippen LogP contribution in [-0.4, -0.2) is 27.8 Å². The third-order valence-corrected chi connectivity index (χ3v) is 4.77. The molecule has 3 rings (SSSR count). The second kappa shape index (κ2) is 8.22. The van der Waals surface area contributed by atoms with Crippen molar-refractivity contribution in [2.24, 2.45) is 5.92 Å². The SMILES string of the molecule is CCC(C)C(NC(=O)c1ccc(Cl)cc1)C(=O)Nc1nc2ccccc2[nH]1. The molecule has 1 aromatic heterocycles. The van der Waals surface area contributed by atoms with Crippen LogP contribution in [-0.2, 0) is 4.79 Å². The molecule has 0 saturated carbocycles. The van der Waals surface area contributed by atoms with Gasteiger partial charge in [0, 0.05) is 10.6 Å². The number of hydrogen-bond donors (Lipinski definition) is 3. The number of para-hydroxylation sites is 2. The molecule has 0 aliphatic carbocycles. The number of carbonyl (C=O) groups is 2. The van der Waals surface area contributed by atoms with Crippen LogP contribution in [0.4, 0.5) is 5.95 Å². The van der Waals surface area contributed by atoms with Crippen LogP contribution in [0.3, 0.4) is 0 Å². The van der Waals surface area contributed by atoms with Crippen molar-refractivity contribution >= 4 is 40.4 Å². The molecule has 0 saturated heterocycles. The summed E-state index contributed by atoms with van der Waals surface area (Å²) in [6, 6.07) is 13.4. The lowest BCUT2D eigenvalue weighted by molar-refractivity contribution is -0.119. The number of carbonyl (C=O) groups excluding carboxylic acids is 2. The Morgan fingerprint density at radius 1 is 1.15 bits per heavy atom. The molecule has 7 heteroatoms. The summed E-state index contributed by atoms with van der Waals surface area (Å²) in [5, 5.41) is 6.14. The van der Waals surface area contributed by atoms with Gasteiger partial charge < -0.3 is 10.3 Å². The predicted octanol–water partition coefficient (Wildman–Crippen LogP) is 4.00. The molecular weight excluding hydrogens is 364 g/mol. The van der Waals surface area contributed by atoms with Gasteiger partial charge in [-0.3, -0.25) is 14.9 Å². The zero-order valence-corrected chi connectivity index (χ0v) is 15.9. The summed E-state index contributed by atoms with van der Waals surface area (Å²) < 4.78 is 0. The standard InChI is InChI=1S/C20H21ClN4O2/c1-3-12(2)17(24-18(26)13-8-10-14(21)11-9-13)19(27)25-20-22-15-6-4-5-7-16(15)23-20/h4-12,17H,3H2,1-2H3,(H,24,26)(H2,22,23,25,27). The zero-order valence-electron chi connectivity index (χ0n) is 15.1. The topological polar surface area (TPSA) is 86.9 Å². The number of anilines is 1. The molecule has 2 aromatic carbocycles. The quantitative estimate of drug-likeness (QED) is 0.600. The van der Waals surface area contributed by atoms with E-state index < -0.39 is 6.04 Å². The molecule has 0 aliphatic heterocycles. The molecule has 2 unspecified atom stereocenters. The average Bonchev–Trinajstić information content (AvgIpc) is 3.07. The van der Waals surface area contributed by atoms with Crippen molar-refractivity contribution < 1.29 is 9.59 Å². The Kier molecular flexibility index (Phi) is 5.76. The number of halogens is 1. The number of H-pyrrole nitrogens is 1. The maximum Gasteiger partial charge on any atom is 0.251 e. The molecule has 0 bridgehead atoms. The van der Waals surface area contributed by atoms with Crippen LogP contribution in [0, 0.1) is 5.92 Å². The number of hydrogen-bond acceptors (Lipinski definition) is 3. The van der Waals surface area contributed by atoms with Gasteiger partial charge in [-0.25, -0.2) is 4.98 Å². The van der Waals surface area contributed by atoms with Gasteiger partial charge in [-0.05, 0) is 42.3 Å². The van der Waals surface area contributed by atoms with Crippen LogP contribution in [0.25, 0.3) is 11.0 Å². The van der Waals surface area contributed by atoms with Crippen molar-refractivity contribution in [2.45, 2.75) is 26.3 Å². The van der Waals surface area contributed by atoms with Gasteiger partial charge in [0.25, 0.3) is 5.91 Å². The zero-order chi connectivity index (χ0) is 19.4. The molecule has 6 nitrogen and oxygen atoms in total. The van der Waals surface area contributed by atoms with E-state index in [9.17, 15) is 9.59 Å². The van der Waals surface area contributed by atoms with E-state index >= 15 is 0 Å². The number of benzene rings is 2. The Hall–Kier alpha value is -2.86. The molecule has 140 valence electrons. The summed E-state index contributed by atoms with van der Waals surface area (Å²) in [5.74, 6) is -0.330. The van der Waals surface area contributed by atoms with Crippen molar-refractivity contribution in [1.82, 2.24) is 15.3 Å². The van der Waals surface area contributed by atoms with Crippen molar-refractivity contribution in [2.75, 3.05) is 5.32 Å². The normalized spacial score (nSPS) is 13.1. The minimum Gasteiger partial charge on any atom is -0.340 e. The van der Waals surface area contributed by atoms with Crippen molar-refractivity contribution in [3.63, 3.8) is 0 Å². The van der Waals surface area contributed by atoms with Gasteiger partial charge in [-0.1, -0.05) is 44.0 Å². The lowest BCUT2D eigenvalue weighted by Gasteiger charge is -2.23. The van der Waals surface area contributed by atoms with Crippen LogP contribution < -0.4 is 10.6 Å². The van der Waals surface area contributed by atoms with E-state index in [0.29, 0.717) is 16.5 Å². The first kappa shape index (κ1) is 18.9. The third kappa shape index (κ3) is 4.46. The van der Waals surface area contributed by atoms with E-state index in [1.807, 2.05) is 38.1 Å². The fourth-order valence-corrected chi connectivity index (χ4v) is 2.86. The van der Waals surface area contributed by atoms with E-state index in [0.717, 1.165) is 17.5 Å². The summed E-state index contributed by atoms with van der Waals surface area (Å²) in [7, 11) is 0. The number of nitrogens with one attached hydrogen (secondary N) is 3. The van der Waals surface area contributed by atoms with Crippen molar-refractivity contribution in [1.29, 1.82) is 0 Å². The minimum absolute atomic E-state index is 0.0503. The van der Waals surface area contributed by atoms with E-state index in [-0.39, 0.29) is 17.7 Å². The summed E-state index contributed by atoms with van der Waals surface area (Å²) in [6.07, 6.45) is 0.735. The van der Waals surface area contributed by atoms with Crippen LogP contribution in [0.15, 0.2) is 48.5 Å². The fourth-order valence-electron chi connectivity index (χ4n) is 2.73. The Bertz CT molecular complexity index is 919. The predicted molar refractivity (Wildman–Crippen MR) is 107 cm³/mol. The van der Waals surface area contributed by atoms with E-state index in [4.69, 9.17) is 11.6 Å². The molecular formula is C20H21ClN4O2.